The monoisotopic (exact) mass is 346 g/mol. The zero-order valence-electron chi connectivity index (χ0n) is 15.4. The van der Waals surface area contributed by atoms with Gasteiger partial charge in [-0.25, -0.2) is 4.79 Å². The van der Waals surface area contributed by atoms with E-state index in [-0.39, 0.29) is 6.09 Å². The quantitative estimate of drug-likeness (QED) is 0.905. The number of amides is 1. The molecule has 25 heavy (non-hydrogen) atoms. The van der Waals surface area contributed by atoms with Crippen molar-refractivity contribution >= 4 is 6.09 Å². The zero-order valence-corrected chi connectivity index (χ0v) is 15.4. The molecule has 1 aromatic heterocycles. The minimum Gasteiger partial charge on any atom is -0.453 e. The normalized spacial score (nSPS) is 25.8. The van der Waals surface area contributed by atoms with Crippen molar-refractivity contribution in [2.45, 2.75) is 44.8 Å². The Morgan fingerprint density at radius 3 is 2.72 bits per heavy atom. The second kappa shape index (κ2) is 8.63. The van der Waals surface area contributed by atoms with Gasteiger partial charge in [-0.1, -0.05) is 13.0 Å². The predicted molar refractivity (Wildman–Crippen MR) is 97.2 cm³/mol. The van der Waals surface area contributed by atoms with Gasteiger partial charge in [-0.2, -0.15) is 0 Å². The summed E-state index contributed by atoms with van der Waals surface area (Å²) in [6.07, 6.45) is 4.86. The molecule has 3 rings (SSSR count). The van der Waals surface area contributed by atoms with E-state index in [1.165, 1.54) is 13.5 Å². The van der Waals surface area contributed by atoms with E-state index in [1.54, 1.807) is 4.90 Å². The van der Waals surface area contributed by atoms with Crippen molar-refractivity contribution in [1.82, 2.24) is 20.1 Å². The van der Waals surface area contributed by atoms with Crippen molar-refractivity contribution in [3.63, 3.8) is 0 Å². The summed E-state index contributed by atoms with van der Waals surface area (Å²) in [5, 5.41) is 3.85. The van der Waals surface area contributed by atoms with Gasteiger partial charge in [0, 0.05) is 51.0 Å². The summed E-state index contributed by atoms with van der Waals surface area (Å²) in [6.45, 7) is 7.07. The Balaban J connectivity index is 1.42. The highest BCUT2D eigenvalue weighted by Gasteiger charge is 2.30. The molecular formula is C19H30N4O2. The largest absolute Gasteiger partial charge is 0.453 e. The Bertz CT molecular complexity index is 546. The average Bonchev–Trinajstić information content (AvgIpc) is 2.65. The van der Waals surface area contributed by atoms with E-state index in [1.807, 2.05) is 12.3 Å². The molecule has 2 saturated heterocycles. The lowest BCUT2D eigenvalue weighted by Gasteiger charge is -2.40. The van der Waals surface area contributed by atoms with Crippen molar-refractivity contribution < 1.29 is 9.53 Å². The molecule has 0 saturated carbocycles. The van der Waals surface area contributed by atoms with Crippen LogP contribution < -0.4 is 5.32 Å². The first kappa shape index (κ1) is 18.1. The van der Waals surface area contributed by atoms with E-state index >= 15 is 0 Å². The Kier molecular flexibility index (Phi) is 6.26. The maximum atomic E-state index is 11.6. The SMILES string of the molecule is COC(=O)N1CCC(N[C@@H]2CCN(Cc3ccccn3)C[C@H]2C)CC1. The molecule has 0 aliphatic carbocycles. The number of aromatic nitrogens is 1. The summed E-state index contributed by atoms with van der Waals surface area (Å²) in [4.78, 5) is 20.3. The molecular weight excluding hydrogens is 316 g/mol. The third kappa shape index (κ3) is 4.92. The smallest absolute Gasteiger partial charge is 0.409 e. The molecule has 0 bridgehead atoms. The number of piperidine rings is 2. The molecule has 2 atom stereocenters. The molecule has 138 valence electrons. The fourth-order valence-corrected chi connectivity index (χ4v) is 4.00. The lowest BCUT2D eigenvalue weighted by molar-refractivity contribution is 0.0986. The van der Waals surface area contributed by atoms with Crippen molar-refractivity contribution in [2.75, 3.05) is 33.3 Å². The predicted octanol–water partition coefficient (Wildman–Crippen LogP) is 2.11. The molecule has 2 aliphatic heterocycles. The number of likely N-dealkylation sites (tertiary alicyclic amines) is 2. The second-order valence-electron chi connectivity index (χ2n) is 7.33. The maximum Gasteiger partial charge on any atom is 0.409 e. The molecule has 0 aromatic carbocycles. The highest BCUT2D eigenvalue weighted by atomic mass is 16.5. The van der Waals surface area contributed by atoms with Gasteiger partial charge in [-0.15, -0.1) is 0 Å². The van der Waals surface area contributed by atoms with Crippen LogP contribution in [0.15, 0.2) is 24.4 Å². The summed E-state index contributed by atoms with van der Waals surface area (Å²) >= 11 is 0. The highest BCUT2D eigenvalue weighted by Crippen LogP contribution is 2.21. The number of nitrogens with zero attached hydrogens (tertiary/aromatic N) is 3. The minimum atomic E-state index is -0.199. The summed E-state index contributed by atoms with van der Waals surface area (Å²) in [6, 6.07) is 7.20. The number of pyridine rings is 1. The average molecular weight is 346 g/mol. The number of carbonyl (C=O) groups is 1. The molecule has 6 heteroatoms. The fraction of sp³-hybridized carbons (Fsp3) is 0.684. The first-order valence-corrected chi connectivity index (χ1v) is 9.37. The number of nitrogens with one attached hydrogen (secondary N) is 1. The van der Waals surface area contributed by atoms with Gasteiger partial charge in [0.1, 0.15) is 0 Å². The molecule has 0 unspecified atom stereocenters. The van der Waals surface area contributed by atoms with Crippen LogP contribution >= 0.6 is 0 Å². The van der Waals surface area contributed by atoms with Crippen LogP contribution in [0.4, 0.5) is 4.79 Å². The van der Waals surface area contributed by atoms with Gasteiger partial charge in [0.05, 0.1) is 12.8 Å². The topological polar surface area (TPSA) is 57.7 Å². The van der Waals surface area contributed by atoms with Gasteiger partial charge in [0.15, 0.2) is 0 Å². The summed E-state index contributed by atoms with van der Waals surface area (Å²) in [5.41, 5.74) is 1.15. The van der Waals surface area contributed by atoms with Gasteiger partial charge < -0.3 is 15.0 Å². The molecule has 6 nitrogen and oxygen atoms in total. The molecule has 1 N–H and O–H groups in total. The highest BCUT2D eigenvalue weighted by molar-refractivity contribution is 5.67. The zero-order chi connectivity index (χ0) is 17.6. The minimum absolute atomic E-state index is 0.199. The number of hydrogen-bond acceptors (Lipinski definition) is 5. The number of hydrogen-bond donors (Lipinski definition) is 1. The molecule has 3 heterocycles. The van der Waals surface area contributed by atoms with E-state index in [9.17, 15) is 4.79 Å². The third-order valence-electron chi connectivity index (χ3n) is 5.48. The number of ether oxygens (including phenoxy) is 1. The molecule has 0 spiro atoms. The van der Waals surface area contributed by atoms with E-state index in [4.69, 9.17) is 4.74 Å². The van der Waals surface area contributed by atoms with Crippen LogP contribution in [-0.4, -0.2) is 66.2 Å². The third-order valence-corrected chi connectivity index (χ3v) is 5.48. The summed E-state index contributed by atoms with van der Waals surface area (Å²) in [5.74, 6) is 0.621. The Morgan fingerprint density at radius 1 is 1.28 bits per heavy atom. The Morgan fingerprint density at radius 2 is 2.08 bits per heavy atom. The lowest BCUT2D eigenvalue weighted by Crippen LogP contribution is -2.53. The van der Waals surface area contributed by atoms with Crippen LogP contribution in [0.25, 0.3) is 0 Å². The number of rotatable bonds is 4. The lowest BCUT2D eigenvalue weighted by atomic mass is 9.91. The van der Waals surface area contributed by atoms with E-state index in [2.05, 4.69) is 34.3 Å². The summed E-state index contributed by atoms with van der Waals surface area (Å²) < 4.78 is 4.81. The summed E-state index contributed by atoms with van der Waals surface area (Å²) in [7, 11) is 1.45. The van der Waals surface area contributed by atoms with Crippen molar-refractivity contribution in [2.24, 2.45) is 5.92 Å². The van der Waals surface area contributed by atoms with E-state index < -0.39 is 0 Å². The van der Waals surface area contributed by atoms with Crippen LogP contribution in [0.1, 0.15) is 31.9 Å². The van der Waals surface area contributed by atoms with Crippen molar-refractivity contribution in [3.8, 4) is 0 Å². The fourth-order valence-electron chi connectivity index (χ4n) is 4.00. The standard InChI is InChI=1S/C19H30N4O2/c1-15-13-22(14-17-5-3-4-9-20-17)10-8-18(15)21-16-6-11-23(12-7-16)19(24)25-2/h3-5,9,15-16,18,21H,6-8,10-14H2,1-2H3/t15-,18-/m1/s1. The van der Waals surface area contributed by atoms with Gasteiger partial charge in [0.25, 0.3) is 0 Å². The molecule has 2 fully saturated rings. The Hall–Kier alpha value is -1.66. The second-order valence-corrected chi connectivity index (χ2v) is 7.33. The van der Waals surface area contributed by atoms with Crippen LogP contribution in [0, 0.1) is 5.92 Å². The van der Waals surface area contributed by atoms with Crippen molar-refractivity contribution in [3.05, 3.63) is 30.1 Å². The van der Waals surface area contributed by atoms with Crippen LogP contribution in [0.5, 0.6) is 0 Å². The van der Waals surface area contributed by atoms with E-state index in [0.717, 1.165) is 51.3 Å². The first-order valence-electron chi connectivity index (χ1n) is 9.37. The van der Waals surface area contributed by atoms with E-state index in [0.29, 0.717) is 18.0 Å². The van der Waals surface area contributed by atoms with Gasteiger partial charge >= 0.3 is 6.09 Å². The molecule has 1 aromatic rings. The molecule has 1 amide bonds. The Labute approximate surface area is 150 Å². The first-order chi connectivity index (χ1) is 12.2. The van der Waals surface area contributed by atoms with Gasteiger partial charge in [-0.05, 0) is 37.3 Å². The van der Waals surface area contributed by atoms with Crippen LogP contribution in [0.2, 0.25) is 0 Å². The number of carbonyl (C=O) groups excluding carboxylic acids is 1. The van der Waals surface area contributed by atoms with Crippen LogP contribution in [-0.2, 0) is 11.3 Å². The van der Waals surface area contributed by atoms with Crippen molar-refractivity contribution in [1.29, 1.82) is 0 Å². The van der Waals surface area contributed by atoms with Gasteiger partial charge in [0.2, 0.25) is 0 Å². The van der Waals surface area contributed by atoms with Crippen LogP contribution in [0.3, 0.4) is 0 Å². The van der Waals surface area contributed by atoms with Gasteiger partial charge in [-0.3, -0.25) is 9.88 Å². The number of methoxy groups -OCH3 is 1. The maximum absolute atomic E-state index is 11.6. The molecule has 0 radical (unpaired) electrons. The molecule has 2 aliphatic rings.